The van der Waals surface area contributed by atoms with Crippen molar-refractivity contribution in [1.82, 2.24) is 0 Å². The molecule has 0 fully saturated rings. The van der Waals surface area contributed by atoms with Gasteiger partial charge in [-0.2, -0.15) is 0 Å². The van der Waals surface area contributed by atoms with E-state index in [1.165, 1.54) is 25.7 Å². The second-order valence-electron chi connectivity index (χ2n) is 6.16. The molecule has 0 heterocycles. The van der Waals surface area contributed by atoms with E-state index < -0.39 is 15.4 Å². The number of hydrogen-bond acceptors (Lipinski definition) is 4. The Morgan fingerprint density at radius 2 is 1.27 bits per heavy atom. The van der Waals surface area contributed by atoms with Crippen LogP contribution in [0.5, 0.6) is 0 Å². The number of unbranched alkanes of at least 4 members (excludes halogenated alkanes) is 7. The predicted molar refractivity (Wildman–Crippen MR) is 86.2 cm³/mol. The van der Waals surface area contributed by atoms with Gasteiger partial charge >= 0.3 is 29.6 Å². The molecule has 0 aliphatic carbocycles. The van der Waals surface area contributed by atoms with Crippen molar-refractivity contribution in [3.63, 3.8) is 0 Å². The van der Waals surface area contributed by atoms with E-state index in [1.807, 2.05) is 0 Å². The molecule has 0 aliphatic heterocycles. The topological polar surface area (TPSA) is 77.4 Å². The first-order valence-electron chi connectivity index (χ1n) is 8.50. The number of hydrogen-bond donors (Lipinski definition) is 1. The largest absolute Gasteiger partial charge is 1.00 e. The van der Waals surface area contributed by atoms with Crippen LogP contribution in [0, 0.1) is 0 Å². The van der Waals surface area contributed by atoms with E-state index in [4.69, 9.17) is 5.11 Å². The van der Waals surface area contributed by atoms with Gasteiger partial charge in [-0.25, -0.2) is 8.42 Å². The third-order valence-corrected chi connectivity index (χ3v) is 5.22. The van der Waals surface area contributed by atoms with E-state index in [0.29, 0.717) is 25.7 Å². The number of rotatable bonds is 14. The maximum Gasteiger partial charge on any atom is 1.00 e. The first-order chi connectivity index (χ1) is 9.88. The second-order valence-corrected chi connectivity index (χ2v) is 7.81. The van der Waals surface area contributed by atoms with Gasteiger partial charge in [-0.05, 0) is 26.2 Å². The molecule has 4 nitrogen and oxygen atoms in total. The van der Waals surface area contributed by atoms with Crippen molar-refractivity contribution < 1.29 is 47.6 Å². The van der Waals surface area contributed by atoms with Crippen molar-refractivity contribution in [3.05, 3.63) is 0 Å². The predicted octanol–water partition coefficient (Wildman–Crippen LogP) is 0.986. The van der Waals surface area contributed by atoms with Crippen LogP contribution in [-0.2, 0) is 10.1 Å². The van der Waals surface area contributed by atoms with Crippen molar-refractivity contribution in [2.75, 3.05) is 0 Å². The summed E-state index contributed by atoms with van der Waals surface area (Å²) in [5.41, 5.74) is 0. The molecule has 0 saturated carbocycles. The molecule has 0 radical (unpaired) electrons. The molecule has 0 spiro atoms. The summed E-state index contributed by atoms with van der Waals surface area (Å²) in [5, 5.41) is 8.43. The smallest absolute Gasteiger partial charge is 0.748 e. The summed E-state index contributed by atoms with van der Waals surface area (Å²) in [6.07, 6.45) is 10.7. The monoisotopic (exact) mass is 344 g/mol. The van der Waals surface area contributed by atoms with Gasteiger partial charge in [0.2, 0.25) is 0 Å². The van der Waals surface area contributed by atoms with Crippen molar-refractivity contribution in [1.29, 1.82) is 0 Å². The number of aliphatic hydroxyl groups excluding tert-OH is 1. The van der Waals surface area contributed by atoms with Gasteiger partial charge in [0, 0.05) is 5.25 Å². The van der Waals surface area contributed by atoms with Crippen LogP contribution in [0.25, 0.3) is 0 Å². The zero-order valence-corrected chi connectivity index (χ0v) is 17.5. The Kier molecular flexibility index (Phi) is 17.6. The molecule has 0 aromatic rings. The molecular weight excluding hydrogens is 311 g/mol. The van der Waals surface area contributed by atoms with E-state index >= 15 is 0 Å². The summed E-state index contributed by atoms with van der Waals surface area (Å²) >= 11 is 0. The summed E-state index contributed by atoms with van der Waals surface area (Å²) in [4.78, 5) is 0. The molecule has 0 aromatic heterocycles. The third-order valence-electron chi connectivity index (χ3n) is 3.94. The van der Waals surface area contributed by atoms with Crippen LogP contribution in [0.15, 0.2) is 0 Å². The molecule has 0 aliphatic rings. The molecule has 128 valence electrons. The maximum atomic E-state index is 11.3. The van der Waals surface area contributed by atoms with Crippen molar-refractivity contribution in [2.24, 2.45) is 0 Å². The maximum absolute atomic E-state index is 11.3. The van der Waals surface area contributed by atoms with E-state index in [-0.39, 0.29) is 35.7 Å². The zero-order chi connectivity index (χ0) is 16.1. The molecule has 0 bridgehead atoms. The van der Waals surface area contributed by atoms with Crippen molar-refractivity contribution in [2.45, 2.75) is 102 Å². The molecule has 2 atom stereocenters. The Hall–Kier alpha value is 0.870. The van der Waals surface area contributed by atoms with E-state index in [1.54, 1.807) is 6.92 Å². The Balaban J connectivity index is 0. The Morgan fingerprint density at radius 1 is 0.864 bits per heavy atom. The molecule has 22 heavy (non-hydrogen) atoms. The first-order valence-corrected chi connectivity index (χ1v) is 9.97. The minimum absolute atomic E-state index is 0. The third kappa shape index (κ3) is 15.8. The standard InChI is InChI=1S/C16H34O4S.Na/c1-3-4-5-6-7-8-9-13-16(21(18,19)20)14-11-10-12-15(2)17;/h15-17H,3-14H2,1-2H3,(H,18,19,20);/q;+1/p-1. The fourth-order valence-corrected chi connectivity index (χ4v) is 3.48. The van der Waals surface area contributed by atoms with E-state index in [0.717, 1.165) is 25.7 Å². The van der Waals surface area contributed by atoms with Gasteiger partial charge in [-0.15, -0.1) is 0 Å². The van der Waals surface area contributed by atoms with Gasteiger partial charge in [0.05, 0.1) is 16.2 Å². The Labute approximate surface area is 159 Å². The van der Waals surface area contributed by atoms with Crippen LogP contribution in [0.1, 0.15) is 90.9 Å². The summed E-state index contributed by atoms with van der Waals surface area (Å²) in [6, 6.07) is 0. The van der Waals surface area contributed by atoms with Crippen molar-refractivity contribution >= 4 is 10.1 Å². The average molecular weight is 344 g/mol. The average Bonchev–Trinajstić information content (AvgIpc) is 2.38. The summed E-state index contributed by atoms with van der Waals surface area (Å²) in [5.74, 6) is 0. The van der Waals surface area contributed by atoms with Gasteiger partial charge in [0.25, 0.3) is 0 Å². The van der Waals surface area contributed by atoms with Crippen LogP contribution in [0.2, 0.25) is 0 Å². The fraction of sp³-hybridized carbons (Fsp3) is 1.00. The molecule has 6 heteroatoms. The van der Waals surface area contributed by atoms with Gasteiger partial charge in [-0.3, -0.25) is 0 Å². The SMILES string of the molecule is CCCCCCCCCC(CCCCC(C)O)S(=O)(=O)[O-].[Na+]. The fourth-order valence-electron chi connectivity index (χ4n) is 2.57. The van der Waals surface area contributed by atoms with Gasteiger partial charge in [0.1, 0.15) is 0 Å². The van der Waals surface area contributed by atoms with E-state index in [9.17, 15) is 13.0 Å². The van der Waals surface area contributed by atoms with Gasteiger partial charge in [-0.1, -0.05) is 64.7 Å². The first kappa shape index (κ1) is 25.1. The summed E-state index contributed by atoms with van der Waals surface area (Å²) in [7, 11) is -4.18. The molecular formula is C16H33NaO4S. The van der Waals surface area contributed by atoms with Crippen LogP contribution in [0.3, 0.4) is 0 Å². The van der Waals surface area contributed by atoms with Crippen LogP contribution < -0.4 is 29.6 Å². The van der Waals surface area contributed by atoms with Crippen LogP contribution in [-0.4, -0.2) is 29.4 Å². The second kappa shape index (κ2) is 15.4. The quantitative estimate of drug-likeness (QED) is 0.290. The van der Waals surface area contributed by atoms with Crippen LogP contribution >= 0.6 is 0 Å². The summed E-state index contributed by atoms with van der Waals surface area (Å²) < 4.78 is 33.8. The van der Waals surface area contributed by atoms with E-state index in [2.05, 4.69) is 6.92 Å². The Bertz CT molecular complexity index is 331. The molecule has 0 amide bonds. The van der Waals surface area contributed by atoms with Crippen molar-refractivity contribution in [3.8, 4) is 0 Å². The van der Waals surface area contributed by atoms with Gasteiger partial charge in [0.15, 0.2) is 0 Å². The summed E-state index contributed by atoms with van der Waals surface area (Å²) in [6.45, 7) is 3.90. The van der Waals surface area contributed by atoms with Crippen LogP contribution in [0.4, 0.5) is 0 Å². The zero-order valence-electron chi connectivity index (χ0n) is 14.7. The minimum Gasteiger partial charge on any atom is -0.748 e. The molecule has 0 aromatic carbocycles. The minimum atomic E-state index is -4.18. The molecule has 2 unspecified atom stereocenters. The molecule has 1 N–H and O–H groups in total. The number of aliphatic hydroxyl groups is 1. The molecule has 0 saturated heterocycles. The Morgan fingerprint density at radius 3 is 1.73 bits per heavy atom. The molecule has 0 rings (SSSR count). The van der Waals surface area contributed by atoms with Gasteiger partial charge < -0.3 is 9.66 Å². The normalized spacial score (nSPS) is 14.4.